The minimum absolute atomic E-state index is 0.0989. The van der Waals surface area contributed by atoms with Crippen molar-refractivity contribution >= 4 is 27.5 Å². The van der Waals surface area contributed by atoms with Gasteiger partial charge >= 0.3 is 5.69 Å². The number of halogens is 2. The van der Waals surface area contributed by atoms with Crippen LogP contribution in [0.1, 0.15) is 6.42 Å². The summed E-state index contributed by atoms with van der Waals surface area (Å²) in [5, 5.41) is 0. The number of imidazole rings is 1. The number of likely N-dealkylation sites (tertiary alicyclic amines) is 1. The van der Waals surface area contributed by atoms with Crippen LogP contribution in [0, 0.1) is 0 Å². The maximum atomic E-state index is 13.1. The second-order valence-corrected chi connectivity index (χ2v) is 5.59. The molecule has 0 aliphatic carbocycles. The van der Waals surface area contributed by atoms with Gasteiger partial charge in [-0.25, -0.2) is 14.2 Å². The molecule has 0 radical (unpaired) electrons. The van der Waals surface area contributed by atoms with Gasteiger partial charge in [-0.1, -0.05) is 0 Å². The Morgan fingerprint density at radius 1 is 1.55 bits per heavy atom. The van der Waals surface area contributed by atoms with E-state index in [1.807, 2.05) is 0 Å². The molecule has 1 atom stereocenters. The first kappa shape index (κ1) is 13.3. The Kier molecular flexibility index (Phi) is 3.33. The molecule has 1 aliphatic heterocycles. The molecule has 3 rings (SSSR count). The quantitative estimate of drug-likeness (QED) is 0.812. The smallest absolute Gasteiger partial charge is 0.334 e. The van der Waals surface area contributed by atoms with Crippen LogP contribution in [0.5, 0.6) is 0 Å². The SMILES string of the molecule is O=C(Cn1cc(Br)c2nccn2c1=O)N1CCC(F)C1. The van der Waals surface area contributed by atoms with E-state index < -0.39 is 6.17 Å². The minimum atomic E-state index is -0.960. The zero-order valence-corrected chi connectivity index (χ0v) is 12.1. The number of alkyl halides is 1. The summed E-state index contributed by atoms with van der Waals surface area (Å²) in [6.07, 6.45) is 3.99. The lowest BCUT2D eigenvalue weighted by molar-refractivity contribution is -0.131. The molecule has 106 valence electrons. The molecular formula is C12H12BrFN4O2. The van der Waals surface area contributed by atoms with E-state index in [-0.39, 0.29) is 24.7 Å². The lowest BCUT2D eigenvalue weighted by Crippen LogP contribution is -2.36. The Morgan fingerprint density at radius 3 is 3.05 bits per heavy atom. The lowest BCUT2D eigenvalue weighted by Gasteiger charge is -2.16. The molecule has 0 N–H and O–H groups in total. The number of carbonyl (C=O) groups is 1. The summed E-state index contributed by atoms with van der Waals surface area (Å²) in [5.41, 5.74) is 0.161. The standard InChI is InChI=1S/C12H12BrFN4O2/c13-9-6-17(12(20)18-4-2-15-11(9)18)7-10(19)16-3-1-8(14)5-16/h2,4,6,8H,1,3,5,7H2. The molecule has 2 aromatic heterocycles. The van der Waals surface area contributed by atoms with E-state index in [1.54, 1.807) is 0 Å². The predicted molar refractivity (Wildman–Crippen MR) is 73.2 cm³/mol. The van der Waals surface area contributed by atoms with Crippen molar-refractivity contribution < 1.29 is 9.18 Å². The first-order valence-corrected chi connectivity index (χ1v) is 6.99. The molecule has 8 heteroatoms. The maximum absolute atomic E-state index is 13.1. The second kappa shape index (κ2) is 5.01. The van der Waals surface area contributed by atoms with Crippen molar-refractivity contribution in [2.45, 2.75) is 19.1 Å². The van der Waals surface area contributed by atoms with Gasteiger partial charge in [0.2, 0.25) is 5.91 Å². The molecule has 0 saturated carbocycles. The molecule has 20 heavy (non-hydrogen) atoms. The van der Waals surface area contributed by atoms with Gasteiger partial charge in [-0.3, -0.25) is 13.8 Å². The summed E-state index contributed by atoms with van der Waals surface area (Å²) in [6, 6.07) is 0. The maximum Gasteiger partial charge on any atom is 0.334 e. The largest absolute Gasteiger partial charge is 0.338 e. The summed E-state index contributed by atoms with van der Waals surface area (Å²) in [4.78, 5) is 29.7. The molecule has 2 aromatic rings. The molecule has 1 unspecified atom stereocenters. The van der Waals surface area contributed by atoms with Gasteiger partial charge in [-0.05, 0) is 22.4 Å². The first-order valence-electron chi connectivity index (χ1n) is 6.20. The third-order valence-corrected chi connectivity index (χ3v) is 3.92. The molecular weight excluding hydrogens is 331 g/mol. The number of fused-ring (bicyclic) bond motifs is 1. The van der Waals surface area contributed by atoms with Crippen molar-refractivity contribution in [2.75, 3.05) is 13.1 Å². The van der Waals surface area contributed by atoms with Gasteiger partial charge < -0.3 is 4.90 Å². The van der Waals surface area contributed by atoms with E-state index in [9.17, 15) is 14.0 Å². The molecule has 3 heterocycles. The summed E-state index contributed by atoms with van der Waals surface area (Å²) >= 11 is 3.32. The van der Waals surface area contributed by atoms with E-state index in [4.69, 9.17) is 0 Å². The fourth-order valence-corrected chi connectivity index (χ4v) is 2.87. The van der Waals surface area contributed by atoms with Crippen LogP contribution in [0.2, 0.25) is 0 Å². The normalized spacial score (nSPS) is 18.9. The Hall–Kier alpha value is -1.70. The Labute approximate surface area is 121 Å². The van der Waals surface area contributed by atoms with Gasteiger partial charge in [-0.15, -0.1) is 0 Å². The Balaban J connectivity index is 1.89. The molecule has 0 aromatic carbocycles. The molecule has 0 spiro atoms. The van der Waals surface area contributed by atoms with Crippen LogP contribution in [0.25, 0.3) is 5.65 Å². The third kappa shape index (κ3) is 2.24. The lowest BCUT2D eigenvalue weighted by atomic mass is 10.3. The van der Waals surface area contributed by atoms with Crippen LogP contribution in [-0.2, 0) is 11.3 Å². The molecule has 1 saturated heterocycles. The number of carbonyl (C=O) groups excluding carboxylic acids is 1. The second-order valence-electron chi connectivity index (χ2n) is 4.73. The first-order chi connectivity index (χ1) is 9.56. The van der Waals surface area contributed by atoms with Crippen LogP contribution in [0.3, 0.4) is 0 Å². The van der Waals surface area contributed by atoms with Crippen LogP contribution >= 0.6 is 15.9 Å². The van der Waals surface area contributed by atoms with Crippen LogP contribution in [0.4, 0.5) is 4.39 Å². The summed E-state index contributed by atoms with van der Waals surface area (Å²) in [6.45, 7) is 0.420. The van der Waals surface area contributed by atoms with E-state index >= 15 is 0 Å². The van der Waals surface area contributed by atoms with Crippen molar-refractivity contribution in [3.63, 3.8) is 0 Å². The molecule has 0 bridgehead atoms. The summed E-state index contributed by atoms with van der Waals surface area (Å²) < 4.78 is 16.4. The predicted octanol–water partition coefficient (Wildman–Crippen LogP) is 0.829. The van der Waals surface area contributed by atoms with Crippen molar-refractivity contribution in [1.82, 2.24) is 18.9 Å². The topological polar surface area (TPSA) is 59.6 Å². The monoisotopic (exact) mass is 342 g/mol. The zero-order valence-electron chi connectivity index (χ0n) is 10.5. The highest BCUT2D eigenvalue weighted by Gasteiger charge is 2.26. The van der Waals surface area contributed by atoms with E-state index in [0.29, 0.717) is 23.1 Å². The molecule has 1 aliphatic rings. The fourth-order valence-electron chi connectivity index (χ4n) is 2.33. The number of rotatable bonds is 2. The minimum Gasteiger partial charge on any atom is -0.338 e. The van der Waals surface area contributed by atoms with E-state index in [2.05, 4.69) is 20.9 Å². The average Bonchev–Trinajstić information content (AvgIpc) is 3.04. The number of aromatic nitrogens is 3. The summed E-state index contributed by atoms with van der Waals surface area (Å²) in [5.74, 6) is -0.251. The Bertz CT molecular complexity index is 726. The number of hydrogen-bond acceptors (Lipinski definition) is 3. The third-order valence-electron chi connectivity index (χ3n) is 3.36. The van der Waals surface area contributed by atoms with Crippen molar-refractivity contribution in [2.24, 2.45) is 0 Å². The Morgan fingerprint density at radius 2 is 2.35 bits per heavy atom. The van der Waals surface area contributed by atoms with Crippen LogP contribution < -0.4 is 5.69 Å². The zero-order chi connectivity index (χ0) is 14.3. The molecule has 6 nitrogen and oxygen atoms in total. The number of amides is 1. The van der Waals surface area contributed by atoms with Crippen LogP contribution in [-0.4, -0.2) is 44.0 Å². The molecule has 1 amide bonds. The van der Waals surface area contributed by atoms with Crippen molar-refractivity contribution in [3.8, 4) is 0 Å². The summed E-state index contributed by atoms with van der Waals surface area (Å²) in [7, 11) is 0. The molecule has 1 fully saturated rings. The van der Waals surface area contributed by atoms with Gasteiger partial charge in [0.05, 0.1) is 11.0 Å². The van der Waals surface area contributed by atoms with E-state index in [1.165, 1.54) is 32.5 Å². The average molecular weight is 343 g/mol. The van der Waals surface area contributed by atoms with Gasteiger partial charge in [0.1, 0.15) is 12.7 Å². The highest BCUT2D eigenvalue weighted by molar-refractivity contribution is 9.10. The van der Waals surface area contributed by atoms with Gasteiger partial charge in [0.15, 0.2) is 5.65 Å². The van der Waals surface area contributed by atoms with Crippen LogP contribution in [0.15, 0.2) is 27.9 Å². The fraction of sp³-hybridized carbons (Fsp3) is 0.417. The van der Waals surface area contributed by atoms with Gasteiger partial charge in [-0.2, -0.15) is 0 Å². The highest BCUT2D eigenvalue weighted by atomic mass is 79.9. The van der Waals surface area contributed by atoms with Gasteiger partial charge in [0.25, 0.3) is 0 Å². The highest BCUT2D eigenvalue weighted by Crippen LogP contribution is 2.15. The van der Waals surface area contributed by atoms with Gasteiger partial charge in [0, 0.05) is 25.1 Å². The van der Waals surface area contributed by atoms with Crippen molar-refractivity contribution in [1.29, 1.82) is 0 Å². The number of hydrogen-bond donors (Lipinski definition) is 0. The van der Waals surface area contributed by atoms with Crippen molar-refractivity contribution in [3.05, 3.63) is 33.5 Å². The van der Waals surface area contributed by atoms with E-state index in [0.717, 1.165) is 0 Å². The number of nitrogens with zero attached hydrogens (tertiary/aromatic N) is 4.